The number of hydrogen-bond acceptors (Lipinski definition) is 3. The monoisotopic (exact) mass is 323 g/mol. The maximum absolute atomic E-state index is 13.0. The molecule has 0 amide bonds. The van der Waals surface area contributed by atoms with Gasteiger partial charge in [-0.2, -0.15) is 4.31 Å². The second-order valence-electron chi connectivity index (χ2n) is 6.38. The molecule has 1 N–H and O–H groups in total. The summed E-state index contributed by atoms with van der Waals surface area (Å²) < 4.78 is 27.5. The van der Waals surface area contributed by atoms with Gasteiger partial charge in [0.15, 0.2) is 0 Å². The number of aryl methyl sites for hydroxylation is 1. The van der Waals surface area contributed by atoms with Crippen molar-refractivity contribution in [3.8, 4) is 0 Å². The highest BCUT2D eigenvalue weighted by molar-refractivity contribution is 7.89. The van der Waals surface area contributed by atoms with Crippen LogP contribution in [0.2, 0.25) is 0 Å². The van der Waals surface area contributed by atoms with E-state index < -0.39 is 22.2 Å². The van der Waals surface area contributed by atoms with E-state index in [0.717, 1.165) is 5.56 Å². The van der Waals surface area contributed by atoms with Crippen molar-refractivity contribution in [1.29, 1.82) is 0 Å². The summed E-state index contributed by atoms with van der Waals surface area (Å²) in [7, 11) is -3.62. The number of sulfonamides is 1. The third-order valence-electron chi connectivity index (χ3n) is 4.40. The van der Waals surface area contributed by atoms with Crippen LogP contribution in [0, 0.1) is 18.8 Å². The third kappa shape index (κ3) is 3.26. The summed E-state index contributed by atoms with van der Waals surface area (Å²) in [5.41, 5.74) is 1.02. The standard InChI is InChI=1S/C17H25NO3S/c1-5-14(4)17-16(19)10-13(3)11-18(17)22(20,21)15-8-6-12(2)7-9-15/h5-9,13-14,16-17,19H,1,10-11H2,2-4H3/t13-,14-,16+,17-/m0/s1. The fourth-order valence-corrected chi connectivity index (χ4v) is 4.96. The van der Waals surface area contributed by atoms with Crippen LogP contribution in [-0.4, -0.2) is 36.5 Å². The Kier molecular flexibility index (Phi) is 5.10. The van der Waals surface area contributed by atoms with Crippen molar-refractivity contribution in [3.05, 3.63) is 42.5 Å². The summed E-state index contributed by atoms with van der Waals surface area (Å²) in [6, 6.07) is 6.39. The number of piperidine rings is 1. The zero-order valence-electron chi connectivity index (χ0n) is 13.4. The molecule has 1 aliphatic heterocycles. The highest BCUT2D eigenvalue weighted by Crippen LogP contribution is 2.32. The molecule has 1 saturated heterocycles. The Morgan fingerprint density at radius 2 is 1.95 bits per heavy atom. The summed E-state index contributed by atoms with van der Waals surface area (Å²) in [6.07, 6.45) is 1.65. The first-order chi connectivity index (χ1) is 10.3. The lowest BCUT2D eigenvalue weighted by Crippen LogP contribution is -2.55. The van der Waals surface area contributed by atoms with Gasteiger partial charge < -0.3 is 5.11 Å². The van der Waals surface area contributed by atoms with Crippen molar-refractivity contribution in [3.63, 3.8) is 0 Å². The molecule has 1 aromatic rings. The molecule has 1 heterocycles. The van der Waals surface area contributed by atoms with Gasteiger partial charge >= 0.3 is 0 Å². The van der Waals surface area contributed by atoms with Crippen LogP contribution in [0.3, 0.4) is 0 Å². The van der Waals surface area contributed by atoms with E-state index >= 15 is 0 Å². The van der Waals surface area contributed by atoms with Gasteiger partial charge in [-0.3, -0.25) is 0 Å². The Balaban J connectivity index is 2.44. The van der Waals surface area contributed by atoms with Gasteiger partial charge in [0, 0.05) is 6.54 Å². The van der Waals surface area contributed by atoms with Gasteiger partial charge in [0.1, 0.15) is 0 Å². The van der Waals surface area contributed by atoms with Crippen LogP contribution in [0.15, 0.2) is 41.8 Å². The number of aliphatic hydroxyl groups excluding tert-OH is 1. The molecule has 2 rings (SSSR count). The molecule has 0 saturated carbocycles. The molecule has 0 radical (unpaired) electrons. The summed E-state index contributed by atoms with van der Waals surface area (Å²) >= 11 is 0. The van der Waals surface area contributed by atoms with Gasteiger partial charge in [-0.1, -0.05) is 37.6 Å². The van der Waals surface area contributed by atoms with Crippen LogP contribution in [0.25, 0.3) is 0 Å². The Bertz CT molecular complexity index is 624. The lowest BCUT2D eigenvalue weighted by Gasteiger charge is -2.43. The topological polar surface area (TPSA) is 57.6 Å². The number of rotatable bonds is 4. The van der Waals surface area contributed by atoms with Gasteiger partial charge in [-0.05, 0) is 37.3 Å². The first kappa shape index (κ1) is 17.2. The van der Waals surface area contributed by atoms with E-state index in [1.54, 1.807) is 30.3 Å². The molecule has 1 aliphatic rings. The zero-order chi connectivity index (χ0) is 16.5. The van der Waals surface area contributed by atoms with E-state index in [2.05, 4.69) is 6.58 Å². The first-order valence-electron chi connectivity index (χ1n) is 7.66. The van der Waals surface area contributed by atoms with Crippen molar-refractivity contribution in [1.82, 2.24) is 4.31 Å². The molecule has 4 atom stereocenters. The Labute approximate surface area is 133 Å². The van der Waals surface area contributed by atoms with Crippen LogP contribution in [0.1, 0.15) is 25.8 Å². The predicted octanol–water partition coefficient (Wildman–Crippen LogP) is 2.58. The van der Waals surface area contributed by atoms with Gasteiger partial charge in [0.05, 0.1) is 17.0 Å². The molecular weight excluding hydrogens is 298 g/mol. The van der Waals surface area contributed by atoms with Crippen molar-refractivity contribution in [2.45, 2.75) is 44.2 Å². The zero-order valence-corrected chi connectivity index (χ0v) is 14.3. The van der Waals surface area contributed by atoms with Gasteiger partial charge in [-0.25, -0.2) is 8.42 Å². The minimum absolute atomic E-state index is 0.109. The van der Waals surface area contributed by atoms with E-state index in [-0.39, 0.29) is 16.7 Å². The lowest BCUT2D eigenvalue weighted by atomic mass is 9.87. The molecule has 5 heteroatoms. The average Bonchev–Trinajstić information content (AvgIpc) is 2.46. The van der Waals surface area contributed by atoms with Crippen LogP contribution in [-0.2, 0) is 10.0 Å². The van der Waals surface area contributed by atoms with Gasteiger partial charge in [-0.15, -0.1) is 6.58 Å². The number of benzene rings is 1. The van der Waals surface area contributed by atoms with Crippen LogP contribution >= 0.6 is 0 Å². The SMILES string of the molecule is C=C[C@H](C)[C@H]1[C@H](O)C[C@H](C)CN1S(=O)(=O)c1ccc(C)cc1. The Morgan fingerprint density at radius 3 is 2.50 bits per heavy atom. The van der Waals surface area contributed by atoms with Crippen LogP contribution < -0.4 is 0 Å². The van der Waals surface area contributed by atoms with E-state index in [0.29, 0.717) is 13.0 Å². The van der Waals surface area contributed by atoms with E-state index in [4.69, 9.17) is 0 Å². The molecule has 0 aromatic heterocycles. The molecule has 0 spiro atoms. The molecule has 1 aromatic carbocycles. The normalized spacial score (nSPS) is 28.3. The summed E-state index contributed by atoms with van der Waals surface area (Å²) in [5.74, 6) is 0.0196. The summed E-state index contributed by atoms with van der Waals surface area (Å²) in [4.78, 5) is 0.278. The molecule has 0 aliphatic carbocycles. The largest absolute Gasteiger partial charge is 0.391 e. The van der Waals surface area contributed by atoms with E-state index in [1.165, 1.54) is 4.31 Å². The molecule has 4 nitrogen and oxygen atoms in total. The number of aliphatic hydroxyl groups is 1. The maximum Gasteiger partial charge on any atom is 0.243 e. The van der Waals surface area contributed by atoms with Gasteiger partial charge in [0.2, 0.25) is 10.0 Å². The maximum atomic E-state index is 13.0. The van der Waals surface area contributed by atoms with Gasteiger partial charge in [0.25, 0.3) is 0 Å². The fourth-order valence-electron chi connectivity index (χ4n) is 3.10. The molecule has 22 heavy (non-hydrogen) atoms. The highest BCUT2D eigenvalue weighted by Gasteiger charge is 2.42. The number of hydrogen-bond donors (Lipinski definition) is 1. The van der Waals surface area contributed by atoms with Crippen molar-refractivity contribution in [2.75, 3.05) is 6.54 Å². The second kappa shape index (κ2) is 6.52. The van der Waals surface area contributed by atoms with Crippen molar-refractivity contribution in [2.24, 2.45) is 11.8 Å². The smallest absolute Gasteiger partial charge is 0.243 e. The molecule has 0 unspecified atom stereocenters. The summed E-state index contributed by atoms with van der Waals surface area (Å²) in [6.45, 7) is 9.97. The van der Waals surface area contributed by atoms with E-state index in [9.17, 15) is 13.5 Å². The predicted molar refractivity (Wildman–Crippen MR) is 88.0 cm³/mol. The molecule has 1 fully saturated rings. The molecule has 0 bridgehead atoms. The third-order valence-corrected chi connectivity index (χ3v) is 6.28. The van der Waals surface area contributed by atoms with Crippen LogP contribution in [0.4, 0.5) is 0 Å². The minimum Gasteiger partial charge on any atom is -0.391 e. The first-order valence-corrected chi connectivity index (χ1v) is 9.10. The van der Waals surface area contributed by atoms with E-state index in [1.807, 2.05) is 20.8 Å². The quantitative estimate of drug-likeness (QED) is 0.867. The van der Waals surface area contributed by atoms with Crippen molar-refractivity contribution >= 4 is 10.0 Å². The Hall–Kier alpha value is -1.17. The Morgan fingerprint density at radius 1 is 1.36 bits per heavy atom. The molecular formula is C17H25NO3S. The number of nitrogens with zero attached hydrogens (tertiary/aromatic N) is 1. The van der Waals surface area contributed by atoms with Crippen molar-refractivity contribution < 1.29 is 13.5 Å². The second-order valence-corrected chi connectivity index (χ2v) is 8.27. The molecule has 122 valence electrons. The average molecular weight is 323 g/mol. The van der Waals surface area contributed by atoms with Crippen LogP contribution in [0.5, 0.6) is 0 Å². The summed E-state index contributed by atoms with van der Waals surface area (Å²) in [5, 5.41) is 10.4. The lowest BCUT2D eigenvalue weighted by molar-refractivity contribution is 0.0146. The fraction of sp³-hybridized carbons (Fsp3) is 0.529. The highest BCUT2D eigenvalue weighted by atomic mass is 32.2. The minimum atomic E-state index is -3.62.